The molecule has 5 nitrogen and oxygen atoms in total. The van der Waals surface area contributed by atoms with E-state index in [2.05, 4.69) is 15.3 Å². The minimum Gasteiger partial charge on any atom is -0.353 e. The van der Waals surface area contributed by atoms with Gasteiger partial charge in [-0.3, -0.25) is 4.79 Å². The van der Waals surface area contributed by atoms with Crippen LogP contribution >= 0.6 is 0 Å². The molecule has 106 valence electrons. The monoisotopic (exact) mass is 272 g/mol. The molecule has 0 aromatic carbocycles. The molecule has 2 aromatic rings. The summed E-state index contributed by atoms with van der Waals surface area (Å²) in [7, 11) is 0. The Bertz CT molecular complexity index is 607. The number of pyridine rings is 1. The summed E-state index contributed by atoms with van der Waals surface area (Å²) in [4.78, 5) is 19.5. The van der Waals surface area contributed by atoms with E-state index < -0.39 is 0 Å². The molecular weight excluding hydrogens is 252 g/mol. The molecule has 1 aliphatic rings. The summed E-state index contributed by atoms with van der Waals surface area (Å²) in [6.07, 6.45) is 7.32. The third-order valence-corrected chi connectivity index (χ3v) is 4.20. The van der Waals surface area contributed by atoms with Gasteiger partial charge in [-0.25, -0.2) is 4.98 Å². The lowest BCUT2D eigenvalue weighted by atomic mass is 10.0. The van der Waals surface area contributed by atoms with Crippen LogP contribution in [-0.4, -0.2) is 28.5 Å². The highest BCUT2D eigenvalue weighted by atomic mass is 16.1. The fourth-order valence-corrected chi connectivity index (χ4v) is 3.10. The van der Waals surface area contributed by atoms with Gasteiger partial charge in [0, 0.05) is 23.8 Å². The smallest absolute Gasteiger partial charge is 0.224 e. The summed E-state index contributed by atoms with van der Waals surface area (Å²) in [5.41, 5.74) is 7.57. The van der Waals surface area contributed by atoms with Crippen molar-refractivity contribution in [3.8, 4) is 0 Å². The average molecular weight is 272 g/mol. The molecule has 1 fully saturated rings. The van der Waals surface area contributed by atoms with Gasteiger partial charge >= 0.3 is 0 Å². The number of hydrogen-bond acceptors (Lipinski definition) is 3. The fraction of sp³-hybridized carbons (Fsp3) is 0.467. The maximum absolute atomic E-state index is 12.2. The molecule has 3 rings (SSSR count). The summed E-state index contributed by atoms with van der Waals surface area (Å²) >= 11 is 0. The number of amides is 1. The standard InChI is InChI=1S/C15H20N4O/c16-8-10-3-1-5-13(10)19-14(20)7-11-9-18-15-12(11)4-2-6-17-15/h2,4,6,9-10,13H,1,3,5,7-8,16H2,(H,17,18)(H,19,20). The second-order valence-corrected chi connectivity index (χ2v) is 5.49. The Balaban J connectivity index is 1.67. The normalized spacial score (nSPS) is 22.2. The van der Waals surface area contributed by atoms with Crippen molar-refractivity contribution in [1.82, 2.24) is 15.3 Å². The number of carbonyl (C=O) groups is 1. The van der Waals surface area contributed by atoms with Crippen LogP contribution in [0, 0.1) is 5.92 Å². The van der Waals surface area contributed by atoms with E-state index in [1.54, 1.807) is 6.20 Å². The molecule has 2 heterocycles. The Labute approximate surface area is 118 Å². The Hall–Kier alpha value is -1.88. The van der Waals surface area contributed by atoms with Crippen LogP contribution < -0.4 is 11.1 Å². The van der Waals surface area contributed by atoms with Gasteiger partial charge in [0.2, 0.25) is 5.91 Å². The van der Waals surface area contributed by atoms with Crippen LogP contribution in [0.25, 0.3) is 11.0 Å². The lowest BCUT2D eigenvalue weighted by Gasteiger charge is -2.19. The zero-order chi connectivity index (χ0) is 13.9. The van der Waals surface area contributed by atoms with Crippen LogP contribution in [0.15, 0.2) is 24.5 Å². The molecule has 0 spiro atoms. The first-order chi connectivity index (χ1) is 9.78. The molecule has 0 saturated heterocycles. The average Bonchev–Trinajstić information content (AvgIpc) is 3.06. The predicted octanol–water partition coefficient (Wildman–Crippen LogP) is 1.35. The quantitative estimate of drug-likeness (QED) is 0.785. The van der Waals surface area contributed by atoms with E-state index in [-0.39, 0.29) is 11.9 Å². The van der Waals surface area contributed by atoms with Crippen molar-refractivity contribution in [1.29, 1.82) is 0 Å². The Morgan fingerprint density at radius 3 is 3.25 bits per heavy atom. The summed E-state index contributed by atoms with van der Waals surface area (Å²) in [6.45, 7) is 0.655. The van der Waals surface area contributed by atoms with Gasteiger partial charge in [-0.1, -0.05) is 6.42 Å². The number of nitrogens with two attached hydrogens (primary N) is 1. The second kappa shape index (κ2) is 5.63. The number of aromatic amines is 1. The first-order valence-electron chi connectivity index (χ1n) is 7.18. The molecule has 4 N–H and O–H groups in total. The highest BCUT2D eigenvalue weighted by molar-refractivity contribution is 5.87. The van der Waals surface area contributed by atoms with Crippen molar-refractivity contribution in [3.05, 3.63) is 30.1 Å². The molecule has 1 saturated carbocycles. The number of carbonyl (C=O) groups excluding carboxylic acids is 1. The fourth-order valence-electron chi connectivity index (χ4n) is 3.10. The van der Waals surface area contributed by atoms with Gasteiger partial charge in [0.1, 0.15) is 5.65 Å². The van der Waals surface area contributed by atoms with Crippen molar-refractivity contribution in [3.63, 3.8) is 0 Å². The van der Waals surface area contributed by atoms with Gasteiger partial charge in [0.05, 0.1) is 6.42 Å². The minimum atomic E-state index is 0.0695. The van der Waals surface area contributed by atoms with E-state index in [0.29, 0.717) is 18.9 Å². The van der Waals surface area contributed by atoms with E-state index >= 15 is 0 Å². The van der Waals surface area contributed by atoms with Crippen molar-refractivity contribution in [2.45, 2.75) is 31.7 Å². The topological polar surface area (TPSA) is 83.8 Å². The molecule has 2 atom stereocenters. The highest BCUT2D eigenvalue weighted by Crippen LogP contribution is 2.25. The van der Waals surface area contributed by atoms with E-state index in [4.69, 9.17) is 5.73 Å². The Morgan fingerprint density at radius 1 is 1.50 bits per heavy atom. The number of fused-ring (bicyclic) bond motifs is 1. The summed E-state index contributed by atoms with van der Waals surface area (Å²) in [6, 6.07) is 4.12. The van der Waals surface area contributed by atoms with Crippen LogP contribution in [0.1, 0.15) is 24.8 Å². The van der Waals surface area contributed by atoms with Gasteiger partial charge in [-0.2, -0.15) is 0 Å². The van der Waals surface area contributed by atoms with Crippen molar-refractivity contribution >= 4 is 16.9 Å². The molecule has 0 bridgehead atoms. The first kappa shape index (κ1) is 13.1. The third-order valence-electron chi connectivity index (χ3n) is 4.20. The van der Waals surface area contributed by atoms with Crippen LogP contribution in [0.2, 0.25) is 0 Å². The van der Waals surface area contributed by atoms with Crippen LogP contribution in [-0.2, 0) is 11.2 Å². The van der Waals surface area contributed by atoms with E-state index in [1.165, 1.54) is 0 Å². The molecule has 1 aliphatic carbocycles. The maximum atomic E-state index is 12.2. The van der Waals surface area contributed by atoms with Crippen LogP contribution in [0.3, 0.4) is 0 Å². The molecule has 20 heavy (non-hydrogen) atoms. The Kier molecular flexibility index (Phi) is 3.69. The molecule has 0 aliphatic heterocycles. The van der Waals surface area contributed by atoms with Gasteiger partial charge in [0.25, 0.3) is 0 Å². The van der Waals surface area contributed by atoms with Gasteiger partial charge in [0.15, 0.2) is 0 Å². The zero-order valence-electron chi connectivity index (χ0n) is 11.4. The molecular formula is C15H20N4O. The molecule has 1 amide bonds. The lowest BCUT2D eigenvalue weighted by molar-refractivity contribution is -0.121. The third kappa shape index (κ3) is 2.54. The summed E-state index contributed by atoms with van der Waals surface area (Å²) in [5.74, 6) is 0.503. The summed E-state index contributed by atoms with van der Waals surface area (Å²) in [5, 5.41) is 4.15. The van der Waals surface area contributed by atoms with Crippen LogP contribution in [0.4, 0.5) is 0 Å². The van der Waals surface area contributed by atoms with Crippen LogP contribution in [0.5, 0.6) is 0 Å². The summed E-state index contributed by atoms with van der Waals surface area (Å²) < 4.78 is 0. The molecule has 5 heteroatoms. The van der Waals surface area contributed by atoms with E-state index in [1.807, 2.05) is 18.3 Å². The van der Waals surface area contributed by atoms with E-state index in [9.17, 15) is 4.79 Å². The number of H-pyrrole nitrogens is 1. The van der Waals surface area contributed by atoms with Gasteiger partial charge < -0.3 is 16.0 Å². The minimum absolute atomic E-state index is 0.0695. The van der Waals surface area contributed by atoms with Gasteiger partial charge in [-0.05, 0) is 43.0 Å². The largest absolute Gasteiger partial charge is 0.353 e. The van der Waals surface area contributed by atoms with Crippen molar-refractivity contribution < 1.29 is 4.79 Å². The van der Waals surface area contributed by atoms with E-state index in [0.717, 1.165) is 35.9 Å². The Morgan fingerprint density at radius 2 is 2.40 bits per heavy atom. The second-order valence-electron chi connectivity index (χ2n) is 5.49. The number of nitrogens with one attached hydrogen (secondary N) is 2. The molecule has 0 radical (unpaired) electrons. The first-order valence-corrected chi connectivity index (χ1v) is 7.18. The highest BCUT2D eigenvalue weighted by Gasteiger charge is 2.27. The van der Waals surface area contributed by atoms with Crippen molar-refractivity contribution in [2.24, 2.45) is 11.7 Å². The molecule has 2 unspecified atom stereocenters. The van der Waals surface area contributed by atoms with Crippen molar-refractivity contribution in [2.75, 3.05) is 6.54 Å². The van der Waals surface area contributed by atoms with Gasteiger partial charge in [-0.15, -0.1) is 0 Å². The maximum Gasteiger partial charge on any atom is 0.224 e. The lowest BCUT2D eigenvalue weighted by Crippen LogP contribution is -2.40. The SMILES string of the molecule is NCC1CCCC1NC(=O)Cc1c[nH]c2ncccc12. The number of rotatable bonds is 4. The molecule has 2 aromatic heterocycles. The predicted molar refractivity (Wildman–Crippen MR) is 78.1 cm³/mol. The zero-order valence-corrected chi connectivity index (χ0v) is 11.4. The number of aromatic nitrogens is 2. The number of nitrogens with zero attached hydrogens (tertiary/aromatic N) is 1. The number of hydrogen-bond donors (Lipinski definition) is 3.